The number of hydrogen-bond acceptors (Lipinski definition) is 2. The Morgan fingerprint density at radius 2 is 1.68 bits per heavy atom. The van der Waals surface area contributed by atoms with Crippen molar-refractivity contribution in [2.24, 2.45) is 0 Å². The second-order valence-corrected chi connectivity index (χ2v) is 4.55. The van der Waals surface area contributed by atoms with Gasteiger partial charge in [-0.1, -0.05) is 36.4 Å². The quantitative estimate of drug-likeness (QED) is 0.679. The molecule has 1 aromatic heterocycles. The van der Waals surface area contributed by atoms with Gasteiger partial charge in [0.05, 0.1) is 0 Å². The average Bonchev–Trinajstić information content (AvgIpc) is 2.75. The van der Waals surface area contributed by atoms with Gasteiger partial charge >= 0.3 is 0 Å². The fourth-order valence-corrected chi connectivity index (χ4v) is 2.18. The minimum Gasteiger partial charge on any atom is -0.456 e. The van der Waals surface area contributed by atoms with E-state index in [0.29, 0.717) is 0 Å². The van der Waals surface area contributed by atoms with Gasteiger partial charge in [-0.2, -0.15) is 0 Å². The summed E-state index contributed by atoms with van der Waals surface area (Å²) in [6.07, 6.45) is 3.96. The predicted octanol–water partition coefficient (Wildman–Crippen LogP) is 4.49. The molecule has 0 atom stereocenters. The molecule has 2 heteroatoms. The molecule has 3 aromatic rings. The van der Waals surface area contributed by atoms with E-state index in [1.165, 1.54) is 0 Å². The molecule has 94 valence electrons. The summed E-state index contributed by atoms with van der Waals surface area (Å²) in [5.41, 5.74) is 9.76. The molecule has 0 amide bonds. The molecule has 0 saturated carbocycles. The second kappa shape index (κ2) is 4.65. The lowest BCUT2D eigenvalue weighted by Gasteiger charge is -1.97. The Morgan fingerprint density at radius 1 is 0.947 bits per heavy atom. The van der Waals surface area contributed by atoms with E-state index < -0.39 is 0 Å². The average molecular weight is 249 g/mol. The molecule has 0 aliphatic heterocycles. The van der Waals surface area contributed by atoms with Crippen LogP contribution >= 0.6 is 0 Å². The molecule has 1 heterocycles. The topological polar surface area (TPSA) is 39.2 Å². The van der Waals surface area contributed by atoms with Crippen LogP contribution in [0, 0.1) is 6.92 Å². The van der Waals surface area contributed by atoms with Crippen LogP contribution < -0.4 is 5.73 Å². The van der Waals surface area contributed by atoms with E-state index in [1.807, 2.05) is 54.6 Å². The summed E-state index contributed by atoms with van der Waals surface area (Å²) in [4.78, 5) is 0. The Hall–Kier alpha value is -2.48. The molecule has 0 spiro atoms. The first-order chi connectivity index (χ1) is 9.25. The van der Waals surface area contributed by atoms with Gasteiger partial charge in [-0.05, 0) is 36.8 Å². The predicted molar refractivity (Wildman–Crippen MR) is 80.7 cm³/mol. The molecular weight excluding hydrogens is 234 g/mol. The molecule has 19 heavy (non-hydrogen) atoms. The van der Waals surface area contributed by atoms with Crippen molar-refractivity contribution in [1.82, 2.24) is 0 Å². The summed E-state index contributed by atoms with van der Waals surface area (Å²) in [6, 6.07) is 15.8. The molecule has 0 radical (unpaired) electrons. The first kappa shape index (κ1) is 11.6. The lowest BCUT2D eigenvalue weighted by molar-refractivity contribution is 0.601. The van der Waals surface area contributed by atoms with Gasteiger partial charge in [0.1, 0.15) is 11.3 Å². The molecular formula is C17H15NO. The number of rotatable bonds is 2. The van der Waals surface area contributed by atoms with Crippen LogP contribution in [0.3, 0.4) is 0 Å². The van der Waals surface area contributed by atoms with E-state index in [0.717, 1.165) is 33.5 Å². The first-order valence-electron chi connectivity index (χ1n) is 6.26. The van der Waals surface area contributed by atoms with Crippen LogP contribution in [-0.2, 0) is 0 Å². The van der Waals surface area contributed by atoms with E-state index >= 15 is 0 Å². The van der Waals surface area contributed by atoms with Gasteiger partial charge in [0.25, 0.3) is 0 Å². The second-order valence-electron chi connectivity index (χ2n) is 4.55. The molecule has 0 aliphatic carbocycles. The Labute approximate surface area is 112 Å². The summed E-state index contributed by atoms with van der Waals surface area (Å²) >= 11 is 0. The maximum Gasteiger partial charge on any atom is 0.135 e. The Morgan fingerprint density at radius 3 is 2.47 bits per heavy atom. The van der Waals surface area contributed by atoms with Crippen LogP contribution in [0.1, 0.15) is 16.9 Å². The van der Waals surface area contributed by atoms with Crippen molar-refractivity contribution < 1.29 is 4.42 Å². The number of para-hydroxylation sites is 2. The lowest BCUT2D eigenvalue weighted by atomic mass is 10.1. The lowest BCUT2D eigenvalue weighted by Crippen LogP contribution is -1.87. The van der Waals surface area contributed by atoms with Crippen LogP contribution in [0.4, 0.5) is 5.69 Å². The SMILES string of the molecule is Cc1c(/C=C/c2ccccc2N)oc2ccccc12. The molecule has 0 fully saturated rings. The third-order valence-corrected chi connectivity index (χ3v) is 3.29. The molecule has 0 aliphatic rings. The third-order valence-electron chi connectivity index (χ3n) is 3.29. The number of nitrogen functional groups attached to an aromatic ring is 1. The number of hydrogen-bond donors (Lipinski definition) is 1. The number of benzene rings is 2. The summed E-state index contributed by atoms with van der Waals surface area (Å²) in [6.45, 7) is 2.07. The maximum absolute atomic E-state index is 5.92. The van der Waals surface area contributed by atoms with Gasteiger partial charge in [-0.15, -0.1) is 0 Å². The molecule has 2 N–H and O–H groups in total. The standard InChI is InChI=1S/C17H15NO/c1-12-14-7-3-5-9-17(14)19-16(12)11-10-13-6-2-4-8-15(13)18/h2-11H,18H2,1H3/b11-10+. The van der Waals surface area contributed by atoms with Crippen molar-refractivity contribution in [3.05, 3.63) is 65.4 Å². The highest BCUT2D eigenvalue weighted by Gasteiger charge is 2.06. The zero-order valence-electron chi connectivity index (χ0n) is 10.8. The van der Waals surface area contributed by atoms with Crippen molar-refractivity contribution in [3.8, 4) is 0 Å². The minimum absolute atomic E-state index is 0.771. The van der Waals surface area contributed by atoms with Crippen LogP contribution in [-0.4, -0.2) is 0 Å². The van der Waals surface area contributed by atoms with Gasteiger partial charge < -0.3 is 10.2 Å². The molecule has 3 rings (SSSR count). The Bertz CT molecular complexity index is 753. The number of aryl methyl sites for hydroxylation is 1. The highest BCUT2D eigenvalue weighted by Crippen LogP contribution is 2.26. The molecule has 0 unspecified atom stereocenters. The molecule has 2 nitrogen and oxygen atoms in total. The van der Waals surface area contributed by atoms with Crippen LogP contribution in [0.5, 0.6) is 0 Å². The van der Waals surface area contributed by atoms with Crippen LogP contribution in [0.2, 0.25) is 0 Å². The molecule has 2 aromatic carbocycles. The normalized spacial score (nSPS) is 11.4. The maximum atomic E-state index is 5.92. The third kappa shape index (κ3) is 2.13. The number of nitrogens with two attached hydrogens (primary N) is 1. The largest absolute Gasteiger partial charge is 0.456 e. The van der Waals surface area contributed by atoms with Gasteiger partial charge in [0.15, 0.2) is 0 Å². The Kier molecular flexibility index (Phi) is 2.84. The number of fused-ring (bicyclic) bond motifs is 1. The summed E-state index contributed by atoms with van der Waals surface area (Å²) in [5, 5.41) is 1.16. The molecule has 0 bridgehead atoms. The van der Waals surface area contributed by atoms with E-state index in [9.17, 15) is 0 Å². The van der Waals surface area contributed by atoms with E-state index in [2.05, 4.69) is 13.0 Å². The van der Waals surface area contributed by atoms with Crippen LogP contribution in [0.15, 0.2) is 52.9 Å². The fourth-order valence-electron chi connectivity index (χ4n) is 2.18. The monoisotopic (exact) mass is 249 g/mol. The number of anilines is 1. The highest BCUT2D eigenvalue weighted by atomic mass is 16.3. The smallest absolute Gasteiger partial charge is 0.135 e. The van der Waals surface area contributed by atoms with Crippen molar-refractivity contribution in [2.75, 3.05) is 5.73 Å². The first-order valence-corrected chi connectivity index (χ1v) is 6.26. The van der Waals surface area contributed by atoms with Gasteiger partial charge in [-0.3, -0.25) is 0 Å². The van der Waals surface area contributed by atoms with Crippen molar-refractivity contribution in [1.29, 1.82) is 0 Å². The van der Waals surface area contributed by atoms with E-state index in [4.69, 9.17) is 10.2 Å². The summed E-state index contributed by atoms with van der Waals surface area (Å²) < 4.78 is 5.83. The summed E-state index contributed by atoms with van der Waals surface area (Å²) in [5.74, 6) is 0.879. The highest BCUT2D eigenvalue weighted by molar-refractivity contribution is 5.86. The zero-order valence-corrected chi connectivity index (χ0v) is 10.8. The minimum atomic E-state index is 0.771. The van der Waals surface area contributed by atoms with Gasteiger partial charge in [0.2, 0.25) is 0 Å². The van der Waals surface area contributed by atoms with Gasteiger partial charge in [0, 0.05) is 16.6 Å². The number of furan rings is 1. The summed E-state index contributed by atoms with van der Waals surface area (Å²) in [7, 11) is 0. The Balaban J connectivity index is 2.02. The van der Waals surface area contributed by atoms with Crippen molar-refractivity contribution in [2.45, 2.75) is 6.92 Å². The van der Waals surface area contributed by atoms with E-state index in [1.54, 1.807) is 0 Å². The van der Waals surface area contributed by atoms with Crippen LogP contribution in [0.25, 0.3) is 23.1 Å². The van der Waals surface area contributed by atoms with E-state index in [-0.39, 0.29) is 0 Å². The van der Waals surface area contributed by atoms with Crippen molar-refractivity contribution in [3.63, 3.8) is 0 Å². The van der Waals surface area contributed by atoms with Gasteiger partial charge in [-0.25, -0.2) is 0 Å². The molecule has 0 saturated heterocycles. The zero-order chi connectivity index (χ0) is 13.2. The fraction of sp³-hybridized carbons (Fsp3) is 0.0588. The van der Waals surface area contributed by atoms with Crippen molar-refractivity contribution >= 4 is 28.8 Å².